The Kier molecular flexibility index (Phi) is 5.12. The van der Waals surface area contributed by atoms with Gasteiger partial charge in [-0.25, -0.2) is 0 Å². The molecule has 1 atom stereocenters. The van der Waals surface area contributed by atoms with Crippen LogP contribution in [0.2, 0.25) is 0 Å². The molecule has 2 aromatic heterocycles. The number of aromatic hydroxyl groups is 1. The minimum atomic E-state index is -0.288. The first-order valence-electron chi connectivity index (χ1n) is 9.37. The molecule has 0 aliphatic carbocycles. The summed E-state index contributed by atoms with van der Waals surface area (Å²) in [6, 6.07) is 10.4. The fourth-order valence-corrected chi connectivity index (χ4v) is 3.49. The summed E-state index contributed by atoms with van der Waals surface area (Å²) in [6.07, 6.45) is 2.24. The largest absolute Gasteiger partial charge is 0.508 e. The smallest absolute Gasteiger partial charge is 0.287 e. The Labute approximate surface area is 162 Å². The summed E-state index contributed by atoms with van der Waals surface area (Å²) in [5.74, 6) is 1.97. The van der Waals surface area contributed by atoms with Gasteiger partial charge in [0, 0.05) is 38.2 Å². The van der Waals surface area contributed by atoms with Crippen LogP contribution in [0, 0.1) is 0 Å². The Morgan fingerprint density at radius 1 is 1.21 bits per heavy atom. The Balaban J connectivity index is 1.43. The molecule has 28 heavy (non-hydrogen) atoms. The van der Waals surface area contributed by atoms with Crippen molar-refractivity contribution in [2.75, 3.05) is 13.1 Å². The van der Waals surface area contributed by atoms with Crippen molar-refractivity contribution >= 4 is 5.91 Å². The first-order chi connectivity index (χ1) is 13.6. The van der Waals surface area contributed by atoms with Crippen LogP contribution in [0.1, 0.15) is 40.7 Å². The van der Waals surface area contributed by atoms with Gasteiger partial charge in [0.1, 0.15) is 11.6 Å². The van der Waals surface area contributed by atoms with Gasteiger partial charge in [-0.2, -0.15) is 0 Å². The number of furan rings is 1. The molecule has 1 aliphatic rings. The van der Waals surface area contributed by atoms with Crippen LogP contribution in [0.4, 0.5) is 0 Å². The molecule has 0 saturated heterocycles. The Morgan fingerprint density at radius 2 is 2.07 bits per heavy atom. The van der Waals surface area contributed by atoms with Gasteiger partial charge >= 0.3 is 0 Å². The van der Waals surface area contributed by atoms with Crippen molar-refractivity contribution < 1.29 is 14.3 Å². The van der Waals surface area contributed by atoms with Gasteiger partial charge in [-0.1, -0.05) is 18.2 Å². The standard InChI is InChI=1S/C20H23N5O3/c1-14(21-20(27)17-7-4-12-28-17)19-23-22-18-8-9-24(10-11-25(18)19)13-15-5-2-3-6-16(15)26/h2-7,12,14,26H,8-11,13H2,1H3,(H,21,27). The second-order valence-corrected chi connectivity index (χ2v) is 6.95. The number of carbonyl (C=O) groups is 1. The number of fused-ring (bicyclic) bond motifs is 1. The predicted molar refractivity (Wildman–Crippen MR) is 102 cm³/mol. The maximum absolute atomic E-state index is 12.2. The number of rotatable bonds is 5. The van der Waals surface area contributed by atoms with E-state index < -0.39 is 0 Å². The second-order valence-electron chi connectivity index (χ2n) is 6.95. The van der Waals surface area contributed by atoms with Crippen LogP contribution in [-0.4, -0.2) is 43.8 Å². The molecule has 0 fully saturated rings. The molecule has 0 radical (unpaired) electrons. The van der Waals surface area contributed by atoms with E-state index >= 15 is 0 Å². The molecular formula is C20H23N5O3. The van der Waals surface area contributed by atoms with E-state index in [9.17, 15) is 9.90 Å². The van der Waals surface area contributed by atoms with Crippen molar-refractivity contribution in [1.82, 2.24) is 25.0 Å². The van der Waals surface area contributed by atoms with Crippen molar-refractivity contribution in [2.45, 2.75) is 32.5 Å². The molecular weight excluding hydrogens is 358 g/mol. The summed E-state index contributed by atoms with van der Waals surface area (Å²) in [5, 5.41) is 21.6. The van der Waals surface area contributed by atoms with Crippen LogP contribution >= 0.6 is 0 Å². The van der Waals surface area contributed by atoms with Gasteiger partial charge in [0.25, 0.3) is 5.91 Å². The molecule has 8 heteroatoms. The van der Waals surface area contributed by atoms with E-state index in [-0.39, 0.29) is 17.7 Å². The Bertz CT molecular complexity index is 951. The van der Waals surface area contributed by atoms with Crippen molar-refractivity contribution in [1.29, 1.82) is 0 Å². The molecule has 3 heterocycles. The quantitative estimate of drug-likeness (QED) is 0.703. The van der Waals surface area contributed by atoms with E-state index in [0.29, 0.717) is 12.3 Å². The topological polar surface area (TPSA) is 96.4 Å². The van der Waals surface area contributed by atoms with E-state index in [1.165, 1.54) is 6.26 Å². The number of para-hydroxylation sites is 1. The molecule has 1 aromatic carbocycles. The summed E-state index contributed by atoms with van der Waals surface area (Å²) >= 11 is 0. The number of hydrogen-bond donors (Lipinski definition) is 2. The maximum atomic E-state index is 12.2. The van der Waals surface area contributed by atoms with Gasteiger partial charge in [-0.15, -0.1) is 10.2 Å². The summed E-state index contributed by atoms with van der Waals surface area (Å²) < 4.78 is 7.23. The maximum Gasteiger partial charge on any atom is 0.287 e. The highest BCUT2D eigenvalue weighted by molar-refractivity contribution is 5.91. The van der Waals surface area contributed by atoms with E-state index in [4.69, 9.17) is 4.42 Å². The zero-order valence-electron chi connectivity index (χ0n) is 15.7. The number of phenolic OH excluding ortho intramolecular Hbond substituents is 1. The van der Waals surface area contributed by atoms with Crippen LogP contribution in [0.25, 0.3) is 0 Å². The van der Waals surface area contributed by atoms with E-state index in [1.54, 1.807) is 18.2 Å². The molecule has 0 spiro atoms. The Morgan fingerprint density at radius 3 is 2.86 bits per heavy atom. The van der Waals surface area contributed by atoms with Crippen LogP contribution in [0.3, 0.4) is 0 Å². The third-order valence-corrected chi connectivity index (χ3v) is 5.01. The molecule has 0 bridgehead atoms. The molecule has 4 rings (SSSR count). The summed E-state index contributed by atoms with van der Waals surface area (Å²) in [6.45, 7) is 4.95. The van der Waals surface area contributed by atoms with Gasteiger partial charge in [0.05, 0.1) is 12.3 Å². The molecule has 146 valence electrons. The number of nitrogens with one attached hydrogen (secondary N) is 1. The van der Waals surface area contributed by atoms with E-state index in [0.717, 1.165) is 43.3 Å². The van der Waals surface area contributed by atoms with Gasteiger partial charge in [-0.05, 0) is 25.1 Å². The minimum absolute atomic E-state index is 0.273. The lowest BCUT2D eigenvalue weighted by Gasteiger charge is -2.20. The number of phenols is 1. The minimum Gasteiger partial charge on any atom is -0.508 e. The lowest BCUT2D eigenvalue weighted by Crippen LogP contribution is -2.30. The van der Waals surface area contributed by atoms with Gasteiger partial charge in [0.15, 0.2) is 11.6 Å². The summed E-state index contributed by atoms with van der Waals surface area (Å²) in [7, 11) is 0. The second kappa shape index (κ2) is 7.85. The predicted octanol–water partition coefficient (Wildman–Crippen LogP) is 2.13. The molecule has 1 amide bonds. The highest BCUT2D eigenvalue weighted by Gasteiger charge is 2.23. The summed E-state index contributed by atoms with van der Waals surface area (Å²) in [4.78, 5) is 14.5. The van der Waals surface area contributed by atoms with Gasteiger partial charge in [-0.3, -0.25) is 9.69 Å². The summed E-state index contributed by atoms with van der Waals surface area (Å²) in [5.41, 5.74) is 0.916. The molecule has 8 nitrogen and oxygen atoms in total. The third-order valence-electron chi connectivity index (χ3n) is 5.01. The zero-order chi connectivity index (χ0) is 19.5. The van der Waals surface area contributed by atoms with E-state index in [1.807, 2.05) is 25.1 Å². The molecule has 0 saturated carbocycles. The highest BCUT2D eigenvalue weighted by atomic mass is 16.3. The van der Waals surface area contributed by atoms with Crippen molar-refractivity contribution in [3.63, 3.8) is 0 Å². The number of benzene rings is 1. The van der Waals surface area contributed by atoms with Crippen LogP contribution in [0.15, 0.2) is 47.1 Å². The number of amides is 1. The molecule has 2 N–H and O–H groups in total. The molecule has 3 aromatic rings. The normalized spacial score (nSPS) is 15.6. The van der Waals surface area contributed by atoms with Crippen LogP contribution in [0.5, 0.6) is 5.75 Å². The molecule has 1 unspecified atom stereocenters. The number of nitrogens with zero attached hydrogens (tertiary/aromatic N) is 4. The van der Waals surface area contributed by atoms with Crippen molar-refractivity contribution in [2.24, 2.45) is 0 Å². The number of aromatic nitrogens is 3. The molecule has 1 aliphatic heterocycles. The zero-order valence-corrected chi connectivity index (χ0v) is 15.7. The lowest BCUT2D eigenvalue weighted by molar-refractivity contribution is 0.0909. The SMILES string of the molecule is CC(NC(=O)c1ccco1)c1nnc2n1CCN(Cc1ccccc1O)CC2. The van der Waals surface area contributed by atoms with Gasteiger partial charge < -0.3 is 19.4 Å². The number of carbonyl (C=O) groups excluding carboxylic acids is 1. The van der Waals surface area contributed by atoms with Crippen LogP contribution < -0.4 is 5.32 Å². The van der Waals surface area contributed by atoms with Crippen molar-refractivity contribution in [3.8, 4) is 5.75 Å². The third kappa shape index (κ3) is 3.77. The Hall–Kier alpha value is -3.13. The van der Waals surface area contributed by atoms with Gasteiger partial charge in [0.2, 0.25) is 0 Å². The van der Waals surface area contributed by atoms with Crippen molar-refractivity contribution in [3.05, 3.63) is 65.6 Å². The average molecular weight is 381 g/mol. The fraction of sp³-hybridized carbons (Fsp3) is 0.350. The number of hydrogen-bond acceptors (Lipinski definition) is 6. The first kappa shape index (κ1) is 18.2. The lowest BCUT2D eigenvalue weighted by atomic mass is 10.2. The van der Waals surface area contributed by atoms with E-state index in [2.05, 4.69) is 25.0 Å². The first-order valence-corrected chi connectivity index (χ1v) is 9.37. The van der Waals surface area contributed by atoms with Crippen LogP contribution in [-0.2, 0) is 19.5 Å². The monoisotopic (exact) mass is 381 g/mol. The highest BCUT2D eigenvalue weighted by Crippen LogP contribution is 2.20. The average Bonchev–Trinajstić information content (AvgIpc) is 3.32. The fourth-order valence-electron chi connectivity index (χ4n) is 3.49.